The van der Waals surface area contributed by atoms with Crippen LogP contribution in [0.15, 0.2) is 55.0 Å². The van der Waals surface area contributed by atoms with Gasteiger partial charge in [0, 0.05) is 32.0 Å². The number of nitrogens with zero attached hydrogens (tertiary/aromatic N) is 4. The number of aromatic amines is 1. The molecule has 1 saturated heterocycles. The van der Waals surface area contributed by atoms with E-state index in [1.165, 1.54) is 6.20 Å². The van der Waals surface area contributed by atoms with Crippen molar-refractivity contribution in [1.82, 2.24) is 24.8 Å². The minimum absolute atomic E-state index is 0.0497. The second-order valence-electron chi connectivity index (χ2n) is 10.8. The fourth-order valence-corrected chi connectivity index (χ4v) is 5.56. The zero-order chi connectivity index (χ0) is 29.4. The van der Waals surface area contributed by atoms with Crippen molar-refractivity contribution >= 4 is 22.8 Å². The molecule has 1 aromatic carbocycles. The van der Waals surface area contributed by atoms with Crippen LogP contribution in [0.3, 0.4) is 0 Å². The van der Waals surface area contributed by atoms with Crippen LogP contribution in [-0.2, 0) is 12.6 Å². The maximum Gasteiger partial charge on any atom is 0.421 e. The van der Waals surface area contributed by atoms with Gasteiger partial charge in [0.25, 0.3) is 0 Å². The summed E-state index contributed by atoms with van der Waals surface area (Å²) in [5, 5.41) is 3.46. The van der Waals surface area contributed by atoms with Gasteiger partial charge in [-0.05, 0) is 74.7 Å². The standard InChI is InChI=1S/C30H31F3N6O3/c1-18-24-16-22(41-26-6-11-35-27-23(26)5-10-34-27)4-3-19(24)7-14-39(18)29(40)37-20-15-25(30(31,32)33)28(36-17-20)42-21-8-12-38(2)13-9-21/h3-6,10-11,15-18,21H,7-9,12-14H2,1-2H3,(H,34,35)(H,37,40)/t18-/m0/s1. The summed E-state index contributed by atoms with van der Waals surface area (Å²) in [7, 11) is 1.96. The molecule has 0 bridgehead atoms. The van der Waals surface area contributed by atoms with E-state index in [4.69, 9.17) is 9.47 Å². The first kappa shape index (κ1) is 27.8. The lowest BCUT2D eigenvalue weighted by molar-refractivity contribution is -0.139. The van der Waals surface area contributed by atoms with Gasteiger partial charge < -0.3 is 29.6 Å². The molecule has 2 N–H and O–H groups in total. The molecule has 2 amide bonds. The Balaban J connectivity index is 1.17. The lowest BCUT2D eigenvalue weighted by Gasteiger charge is -2.35. The monoisotopic (exact) mass is 580 g/mol. The van der Waals surface area contributed by atoms with E-state index < -0.39 is 23.7 Å². The Kier molecular flexibility index (Phi) is 7.40. The lowest BCUT2D eigenvalue weighted by Crippen LogP contribution is -2.41. The lowest BCUT2D eigenvalue weighted by atomic mass is 9.93. The largest absolute Gasteiger partial charge is 0.474 e. The second kappa shape index (κ2) is 11.2. The highest BCUT2D eigenvalue weighted by atomic mass is 19.4. The number of carbonyl (C=O) groups is 1. The first-order chi connectivity index (χ1) is 20.2. The number of alkyl halides is 3. The van der Waals surface area contributed by atoms with Crippen molar-refractivity contribution in [3.05, 3.63) is 71.7 Å². The van der Waals surface area contributed by atoms with Gasteiger partial charge in [-0.2, -0.15) is 13.2 Å². The van der Waals surface area contributed by atoms with Crippen molar-refractivity contribution in [2.75, 3.05) is 32.0 Å². The van der Waals surface area contributed by atoms with Gasteiger partial charge in [0.2, 0.25) is 5.88 Å². The topological polar surface area (TPSA) is 95.6 Å². The molecular weight excluding hydrogens is 549 g/mol. The van der Waals surface area contributed by atoms with Crippen LogP contribution in [0.25, 0.3) is 11.0 Å². The molecule has 1 fully saturated rings. The highest BCUT2D eigenvalue weighted by molar-refractivity contribution is 5.90. The fraction of sp³-hybridized carbons (Fsp3) is 0.367. The normalized spacial score (nSPS) is 18.1. The summed E-state index contributed by atoms with van der Waals surface area (Å²) < 4.78 is 53.7. The van der Waals surface area contributed by atoms with E-state index in [-0.39, 0.29) is 17.8 Å². The number of ether oxygens (including phenoxy) is 2. The highest BCUT2D eigenvalue weighted by Crippen LogP contribution is 2.38. The van der Waals surface area contributed by atoms with Crippen LogP contribution in [0.4, 0.5) is 23.7 Å². The molecule has 12 heteroatoms. The smallest absolute Gasteiger partial charge is 0.421 e. The molecule has 5 heterocycles. The number of benzene rings is 1. The average Bonchev–Trinajstić information content (AvgIpc) is 3.45. The van der Waals surface area contributed by atoms with Gasteiger partial charge in [-0.1, -0.05) is 6.07 Å². The first-order valence-corrected chi connectivity index (χ1v) is 13.9. The van der Waals surface area contributed by atoms with Crippen molar-refractivity contribution in [3.63, 3.8) is 0 Å². The van der Waals surface area contributed by atoms with Crippen molar-refractivity contribution in [1.29, 1.82) is 0 Å². The molecule has 6 rings (SSSR count). The number of H-pyrrole nitrogens is 1. The van der Waals surface area contributed by atoms with Crippen LogP contribution in [0.5, 0.6) is 17.4 Å². The quantitative estimate of drug-likeness (QED) is 0.284. The molecule has 1 atom stereocenters. The zero-order valence-corrected chi connectivity index (χ0v) is 23.2. The van der Waals surface area contributed by atoms with Gasteiger partial charge in [0.15, 0.2) is 0 Å². The number of hydrogen-bond acceptors (Lipinski definition) is 6. The average molecular weight is 581 g/mol. The van der Waals surface area contributed by atoms with Crippen molar-refractivity contribution in [2.45, 2.75) is 44.5 Å². The van der Waals surface area contributed by atoms with E-state index in [1.807, 2.05) is 38.2 Å². The summed E-state index contributed by atoms with van der Waals surface area (Å²) in [6.07, 6.45) is 1.46. The Bertz CT molecular complexity index is 1600. The molecule has 4 aromatic rings. The van der Waals surface area contributed by atoms with Crippen LogP contribution in [-0.4, -0.2) is 63.6 Å². The second-order valence-corrected chi connectivity index (χ2v) is 10.8. The molecule has 0 radical (unpaired) electrons. The molecule has 0 aliphatic carbocycles. The molecule has 2 aliphatic rings. The molecule has 3 aromatic heterocycles. The van der Waals surface area contributed by atoms with E-state index in [2.05, 4.69) is 25.2 Å². The van der Waals surface area contributed by atoms with E-state index in [0.29, 0.717) is 43.0 Å². The number of fused-ring (bicyclic) bond motifs is 2. The summed E-state index contributed by atoms with van der Waals surface area (Å²) in [5.41, 5.74) is 1.64. The number of anilines is 1. The van der Waals surface area contributed by atoms with Crippen LogP contribution < -0.4 is 14.8 Å². The zero-order valence-electron chi connectivity index (χ0n) is 23.2. The van der Waals surface area contributed by atoms with Gasteiger partial charge in [-0.25, -0.2) is 14.8 Å². The Morgan fingerprint density at radius 1 is 1.10 bits per heavy atom. The number of hydrogen-bond donors (Lipinski definition) is 2. The van der Waals surface area contributed by atoms with Crippen LogP contribution in [0.2, 0.25) is 0 Å². The number of rotatable bonds is 5. The molecule has 2 aliphatic heterocycles. The predicted octanol–water partition coefficient (Wildman–Crippen LogP) is 6.39. The Morgan fingerprint density at radius 2 is 1.90 bits per heavy atom. The molecule has 42 heavy (non-hydrogen) atoms. The third kappa shape index (κ3) is 5.71. The minimum atomic E-state index is -4.69. The molecule has 0 spiro atoms. The SMILES string of the molecule is C[C@H]1c2cc(Oc3ccnc4[nH]ccc34)ccc2CCN1C(=O)Nc1cnc(OC2CCN(C)CC2)c(C(F)(F)F)c1. The number of pyridine rings is 2. The predicted molar refractivity (Wildman–Crippen MR) is 151 cm³/mol. The molecule has 9 nitrogen and oxygen atoms in total. The number of likely N-dealkylation sites (tertiary alicyclic amines) is 1. The van der Waals surface area contributed by atoms with Gasteiger partial charge in [0.05, 0.1) is 23.3 Å². The number of carbonyl (C=O) groups excluding carboxylic acids is 1. The number of halogens is 3. The van der Waals surface area contributed by atoms with E-state index in [0.717, 1.165) is 35.7 Å². The summed E-state index contributed by atoms with van der Waals surface area (Å²) >= 11 is 0. The van der Waals surface area contributed by atoms with Crippen molar-refractivity contribution in [3.8, 4) is 17.4 Å². The summed E-state index contributed by atoms with van der Waals surface area (Å²) in [6.45, 7) is 3.78. The Labute approximate surface area is 240 Å². The van der Waals surface area contributed by atoms with Gasteiger partial charge >= 0.3 is 12.2 Å². The third-order valence-electron chi connectivity index (χ3n) is 7.92. The van der Waals surface area contributed by atoms with Crippen LogP contribution in [0, 0.1) is 0 Å². The van der Waals surface area contributed by atoms with E-state index in [1.54, 1.807) is 23.4 Å². The van der Waals surface area contributed by atoms with Gasteiger partial charge in [0.1, 0.15) is 28.8 Å². The number of nitrogens with one attached hydrogen (secondary N) is 2. The molecule has 0 saturated carbocycles. The van der Waals surface area contributed by atoms with E-state index in [9.17, 15) is 18.0 Å². The maximum atomic E-state index is 14.0. The molecule has 220 valence electrons. The summed E-state index contributed by atoms with van der Waals surface area (Å²) in [6, 6.07) is 9.47. The first-order valence-electron chi connectivity index (χ1n) is 13.9. The Morgan fingerprint density at radius 3 is 2.69 bits per heavy atom. The molecular formula is C30H31F3N6O3. The minimum Gasteiger partial charge on any atom is -0.474 e. The van der Waals surface area contributed by atoms with Crippen molar-refractivity contribution < 1.29 is 27.4 Å². The van der Waals surface area contributed by atoms with Gasteiger partial charge in [-0.3, -0.25) is 0 Å². The number of aromatic nitrogens is 3. The van der Waals surface area contributed by atoms with E-state index >= 15 is 0 Å². The fourth-order valence-electron chi connectivity index (χ4n) is 5.56. The summed E-state index contributed by atoms with van der Waals surface area (Å²) in [5.74, 6) is 0.792. The van der Waals surface area contributed by atoms with Gasteiger partial charge in [-0.15, -0.1) is 0 Å². The van der Waals surface area contributed by atoms with Crippen LogP contribution in [0.1, 0.15) is 42.5 Å². The highest BCUT2D eigenvalue weighted by Gasteiger charge is 2.37. The van der Waals surface area contributed by atoms with Crippen molar-refractivity contribution in [2.24, 2.45) is 0 Å². The molecule has 0 unspecified atom stereocenters. The maximum absolute atomic E-state index is 14.0. The summed E-state index contributed by atoms with van der Waals surface area (Å²) in [4.78, 5) is 28.3. The third-order valence-corrected chi connectivity index (χ3v) is 7.92. The Hall–Kier alpha value is -4.32. The van der Waals surface area contributed by atoms with Crippen LogP contribution >= 0.6 is 0 Å². The number of urea groups is 1. The number of amides is 2. The number of piperidine rings is 1.